The van der Waals surface area contributed by atoms with Crippen molar-refractivity contribution in [2.24, 2.45) is 5.73 Å². The summed E-state index contributed by atoms with van der Waals surface area (Å²) in [6.45, 7) is 1.79. The zero-order chi connectivity index (χ0) is 20.5. The fourth-order valence-corrected chi connectivity index (χ4v) is 3.42. The lowest BCUT2D eigenvalue weighted by Gasteiger charge is -2.28. The monoisotopic (exact) mass is 392 g/mol. The molecule has 2 aromatic heterocycles. The number of allylic oxidation sites excluding steroid dienone is 1. The van der Waals surface area contributed by atoms with E-state index in [0.29, 0.717) is 34.5 Å². The van der Waals surface area contributed by atoms with Crippen LogP contribution in [0.15, 0.2) is 54.0 Å². The molecule has 1 aromatic carbocycles. The van der Waals surface area contributed by atoms with E-state index in [0.717, 1.165) is 11.1 Å². The number of nitrogens with two attached hydrogens (primary N) is 1. The van der Waals surface area contributed by atoms with E-state index in [1.54, 1.807) is 50.4 Å². The number of pyridine rings is 1. The first-order chi connectivity index (χ1) is 14.0. The second-order valence-corrected chi connectivity index (χ2v) is 6.49. The molecule has 1 atom stereocenters. The Labute approximate surface area is 167 Å². The molecular weight excluding hydrogens is 372 g/mol. The highest BCUT2D eigenvalue weighted by Gasteiger charge is 2.34. The second-order valence-electron chi connectivity index (χ2n) is 6.49. The normalized spacial score (nSPS) is 15.5. The Bertz CT molecular complexity index is 1110. The number of rotatable bonds is 5. The number of nitrogens with zero attached hydrogens (tertiary/aromatic N) is 4. The lowest BCUT2D eigenvalue weighted by molar-refractivity contribution is -0.115. The van der Waals surface area contributed by atoms with Crippen molar-refractivity contribution in [2.75, 3.05) is 19.5 Å². The molecule has 0 saturated heterocycles. The van der Waals surface area contributed by atoms with Gasteiger partial charge in [0, 0.05) is 23.7 Å². The van der Waals surface area contributed by atoms with Gasteiger partial charge in [0.05, 0.1) is 19.8 Å². The Hall–Kier alpha value is -3.88. The lowest BCUT2D eigenvalue weighted by atomic mass is 9.95. The third-order valence-corrected chi connectivity index (χ3v) is 4.76. The van der Waals surface area contributed by atoms with Gasteiger partial charge in [-0.05, 0) is 36.8 Å². The molecule has 3 N–H and O–H groups in total. The lowest BCUT2D eigenvalue weighted by Crippen LogP contribution is -2.31. The maximum atomic E-state index is 12.3. The molecule has 0 radical (unpaired) electrons. The van der Waals surface area contributed by atoms with Crippen molar-refractivity contribution in [2.45, 2.75) is 13.0 Å². The number of aromatic nitrogens is 4. The molecule has 0 aliphatic carbocycles. The Morgan fingerprint density at radius 2 is 2.00 bits per heavy atom. The predicted octanol–water partition coefficient (Wildman–Crippen LogP) is 2.13. The topological polar surface area (TPSA) is 117 Å². The number of carbonyl (C=O) groups is 1. The number of anilines is 1. The van der Waals surface area contributed by atoms with Crippen molar-refractivity contribution in [1.82, 2.24) is 19.7 Å². The van der Waals surface area contributed by atoms with Crippen LogP contribution in [0.5, 0.6) is 11.5 Å². The minimum Gasteiger partial charge on any atom is -0.493 e. The highest BCUT2D eigenvalue weighted by atomic mass is 16.5. The van der Waals surface area contributed by atoms with Gasteiger partial charge in [-0.15, -0.1) is 5.10 Å². The summed E-state index contributed by atoms with van der Waals surface area (Å²) in [6.07, 6.45) is 3.36. The molecule has 1 aliphatic rings. The van der Waals surface area contributed by atoms with Crippen molar-refractivity contribution in [3.05, 3.63) is 59.6 Å². The molecule has 0 spiro atoms. The zero-order valence-corrected chi connectivity index (χ0v) is 16.2. The van der Waals surface area contributed by atoms with Crippen LogP contribution in [0.3, 0.4) is 0 Å². The van der Waals surface area contributed by atoms with Crippen LogP contribution >= 0.6 is 0 Å². The largest absolute Gasteiger partial charge is 0.493 e. The van der Waals surface area contributed by atoms with Gasteiger partial charge in [-0.2, -0.15) is 4.98 Å². The molecule has 4 rings (SSSR count). The van der Waals surface area contributed by atoms with Crippen molar-refractivity contribution in [3.8, 4) is 22.9 Å². The Kier molecular flexibility index (Phi) is 4.63. The summed E-state index contributed by atoms with van der Waals surface area (Å²) in [7, 11) is 3.12. The quantitative estimate of drug-likeness (QED) is 0.683. The third-order valence-electron chi connectivity index (χ3n) is 4.76. The number of primary amides is 1. The van der Waals surface area contributed by atoms with E-state index in [9.17, 15) is 4.79 Å². The van der Waals surface area contributed by atoms with Crippen LogP contribution in [-0.4, -0.2) is 39.9 Å². The van der Waals surface area contributed by atoms with Gasteiger partial charge in [0.15, 0.2) is 17.3 Å². The minimum atomic E-state index is -0.568. The fraction of sp³-hybridized carbons (Fsp3) is 0.200. The van der Waals surface area contributed by atoms with Crippen molar-refractivity contribution in [1.29, 1.82) is 0 Å². The van der Waals surface area contributed by atoms with Gasteiger partial charge >= 0.3 is 0 Å². The standard InChI is InChI=1S/C20H20N6O3/c1-11-16(18(21)27)17(12-6-7-14(28-2)15(9-12)29-3)26-20(23-11)24-19(25-26)13-5-4-8-22-10-13/h4-10,17H,1-3H3,(H2,21,27)(H,23,24,25). The number of amides is 1. The average molecular weight is 392 g/mol. The second kappa shape index (κ2) is 7.27. The molecule has 29 heavy (non-hydrogen) atoms. The predicted molar refractivity (Wildman–Crippen MR) is 106 cm³/mol. The Balaban J connectivity index is 1.89. The number of hydrogen-bond acceptors (Lipinski definition) is 7. The molecule has 0 bridgehead atoms. The van der Waals surface area contributed by atoms with Gasteiger partial charge in [0.2, 0.25) is 11.9 Å². The number of ether oxygens (including phenoxy) is 2. The number of nitrogens with one attached hydrogen (secondary N) is 1. The van der Waals surface area contributed by atoms with Gasteiger partial charge in [-0.25, -0.2) is 4.68 Å². The summed E-state index contributed by atoms with van der Waals surface area (Å²) in [4.78, 5) is 21.0. The van der Waals surface area contributed by atoms with Crippen LogP contribution in [0.4, 0.5) is 5.95 Å². The summed E-state index contributed by atoms with van der Waals surface area (Å²) in [5.74, 6) is 1.58. The molecule has 9 nitrogen and oxygen atoms in total. The van der Waals surface area contributed by atoms with Gasteiger partial charge in [0.25, 0.3) is 0 Å². The van der Waals surface area contributed by atoms with E-state index in [4.69, 9.17) is 15.2 Å². The number of benzene rings is 1. The maximum absolute atomic E-state index is 12.3. The van der Waals surface area contributed by atoms with E-state index in [-0.39, 0.29) is 0 Å². The molecule has 0 fully saturated rings. The zero-order valence-electron chi connectivity index (χ0n) is 16.2. The SMILES string of the molecule is COc1ccc(C2C(C(N)=O)=C(C)Nc3nc(-c4cccnc4)nn32)cc1OC. The molecule has 1 unspecified atom stereocenters. The van der Waals surface area contributed by atoms with Gasteiger partial charge < -0.3 is 20.5 Å². The summed E-state index contributed by atoms with van der Waals surface area (Å²) < 4.78 is 12.4. The van der Waals surface area contributed by atoms with E-state index >= 15 is 0 Å². The van der Waals surface area contributed by atoms with Gasteiger partial charge in [0.1, 0.15) is 6.04 Å². The van der Waals surface area contributed by atoms with Crippen LogP contribution in [0, 0.1) is 0 Å². The highest BCUT2D eigenvalue weighted by Crippen LogP contribution is 2.39. The third kappa shape index (κ3) is 3.16. The first kappa shape index (κ1) is 18.5. The molecule has 1 amide bonds. The van der Waals surface area contributed by atoms with Crippen LogP contribution in [0.25, 0.3) is 11.4 Å². The van der Waals surface area contributed by atoms with E-state index < -0.39 is 11.9 Å². The van der Waals surface area contributed by atoms with Crippen LogP contribution in [0.2, 0.25) is 0 Å². The minimum absolute atomic E-state index is 0.396. The number of hydrogen-bond donors (Lipinski definition) is 2. The first-order valence-corrected chi connectivity index (χ1v) is 8.90. The summed E-state index contributed by atoms with van der Waals surface area (Å²) >= 11 is 0. The molecule has 0 saturated carbocycles. The number of carbonyl (C=O) groups excluding carboxylic acids is 1. The van der Waals surface area contributed by atoms with E-state index in [1.165, 1.54) is 0 Å². The average Bonchev–Trinajstić information content (AvgIpc) is 3.16. The molecule has 3 heterocycles. The summed E-state index contributed by atoms with van der Waals surface area (Å²) in [5, 5.41) is 7.76. The van der Waals surface area contributed by atoms with Gasteiger partial charge in [-0.1, -0.05) is 6.07 Å². The molecular formula is C20H20N6O3. The molecule has 148 valence electrons. The summed E-state index contributed by atoms with van der Waals surface area (Å²) in [6, 6.07) is 8.55. The Morgan fingerprint density at radius 1 is 1.21 bits per heavy atom. The molecule has 1 aliphatic heterocycles. The van der Waals surface area contributed by atoms with Crippen LogP contribution in [-0.2, 0) is 4.79 Å². The van der Waals surface area contributed by atoms with Crippen molar-refractivity contribution >= 4 is 11.9 Å². The fourth-order valence-electron chi connectivity index (χ4n) is 3.42. The van der Waals surface area contributed by atoms with Crippen LogP contribution < -0.4 is 20.5 Å². The Morgan fingerprint density at radius 3 is 2.66 bits per heavy atom. The van der Waals surface area contributed by atoms with E-state index in [2.05, 4.69) is 20.4 Å². The first-order valence-electron chi connectivity index (χ1n) is 8.90. The molecule has 3 aromatic rings. The maximum Gasteiger partial charge on any atom is 0.248 e. The highest BCUT2D eigenvalue weighted by molar-refractivity contribution is 5.95. The molecule has 9 heteroatoms. The summed E-state index contributed by atoms with van der Waals surface area (Å²) in [5.41, 5.74) is 8.27. The van der Waals surface area contributed by atoms with Gasteiger partial charge in [-0.3, -0.25) is 9.78 Å². The smallest absolute Gasteiger partial charge is 0.248 e. The number of fused-ring (bicyclic) bond motifs is 1. The number of methoxy groups -OCH3 is 2. The van der Waals surface area contributed by atoms with Crippen molar-refractivity contribution in [3.63, 3.8) is 0 Å². The van der Waals surface area contributed by atoms with Crippen molar-refractivity contribution < 1.29 is 14.3 Å². The van der Waals surface area contributed by atoms with Crippen LogP contribution in [0.1, 0.15) is 18.5 Å². The van der Waals surface area contributed by atoms with E-state index in [1.807, 2.05) is 18.2 Å².